The molecule has 0 heterocycles. The Balaban J connectivity index is 4.68. The number of nitrogens with one attached hydrogen (secondary N) is 1. The molecule has 0 spiro atoms. The van der Waals surface area contributed by atoms with Crippen LogP contribution in [0.1, 0.15) is 48.0 Å². The normalized spacial score (nSPS) is 15.7. The number of carbonyl (C=O) groups is 2. The van der Waals surface area contributed by atoms with Gasteiger partial charge in [0, 0.05) is 13.5 Å². The van der Waals surface area contributed by atoms with Crippen LogP contribution in [0.25, 0.3) is 0 Å². The summed E-state index contributed by atoms with van der Waals surface area (Å²) in [7, 11) is 1.57. The Morgan fingerprint density at radius 1 is 1.17 bits per heavy atom. The lowest BCUT2D eigenvalue weighted by atomic mass is 9.89. The van der Waals surface area contributed by atoms with E-state index in [4.69, 9.17) is 9.47 Å². The molecular weight excluding hydrogens is 234 g/mol. The molecule has 18 heavy (non-hydrogen) atoms. The second-order valence-corrected chi connectivity index (χ2v) is 6.30. The van der Waals surface area contributed by atoms with Crippen LogP contribution in [0.4, 0.5) is 4.79 Å². The number of methoxy groups -OCH3 is 1. The number of hydrogen-bond acceptors (Lipinski definition) is 4. The Bertz CT molecular complexity index is 307. The molecular formula is C13H25NO4. The van der Waals surface area contributed by atoms with Gasteiger partial charge in [-0.25, -0.2) is 4.79 Å². The zero-order chi connectivity index (χ0) is 14.6. The van der Waals surface area contributed by atoms with Gasteiger partial charge in [-0.05, 0) is 41.5 Å². The molecule has 0 bridgehead atoms. The molecule has 1 unspecified atom stereocenters. The first-order valence-corrected chi connectivity index (χ1v) is 5.96. The van der Waals surface area contributed by atoms with Gasteiger partial charge in [0.05, 0.1) is 11.1 Å². The highest BCUT2D eigenvalue weighted by Crippen LogP contribution is 2.22. The molecule has 0 aliphatic rings. The first-order chi connectivity index (χ1) is 7.93. The molecule has 0 rings (SSSR count). The first-order valence-electron chi connectivity index (χ1n) is 5.96. The van der Waals surface area contributed by atoms with Gasteiger partial charge < -0.3 is 19.6 Å². The van der Waals surface area contributed by atoms with Gasteiger partial charge in [-0.15, -0.1) is 0 Å². The van der Waals surface area contributed by atoms with Crippen LogP contribution in [0.2, 0.25) is 0 Å². The molecule has 0 fully saturated rings. The minimum absolute atomic E-state index is 0.360. The number of hydrogen-bond donors (Lipinski definition) is 1. The lowest BCUT2D eigenvalue weighted by molar-refractivity contribution is -0.115. The van der Waals surface area contributed by atoms with Crippen LogP contribution in [0.15, 0.2) is 0 Å². The predicted molar refractivity (Wildman–Crippen MR) is 69.5 cm³/mol. The van der Waals surface area contributed by atoms with Gasteiger partial charge in [0.15, 0.2) is 0 Å². The van der Waals surface area contributed by atoms with Crippen LogP contribution in [0.3, 0.4) is 0 Å². The van der Waals surface area contributed by atoms with Crippen LogP contribution in [-0.2, 0) is 14.3 Å². The summed E-state index contributed by atoms with van der Waals surface area (Å²) in [6, 6.07) is 0. The van der Waals surface area contributed by atoms with Crippen molar-refractivity contribution in [2.45, 2.75) is 64.7 Å². The smallest absolute Gasteiger partial charge is 0.408 e. The minimum Gasteiger partial charge on any atom is -0.444 e. The van der Waals surface area contributed by atoms with Crippen molar-refractivity contribution in [3.63, 3.8) is 0 Å². The van der Waals surface area contributed by atoms with Crippen molar-refractivity contribution in [1.29, 1.82) is 0 Å². The number of ether oxygens (including phenoxy) is 2. The molecule has 0 saturated carbocycles. The highest BCUT2D eigenvalue weighted by atomic mass is 16.6. The van der Waals surface area contributed by atoms with Crippen LogP contribution in [-0.4, -0.2) is 36.2 Å². The maximum Gasteiger partial charge on any atom is 0.408 e. The molecule has 0 aromatic rings. The zero-order valence-corrected chi connectivity index (χ0v) is 12.4. The molecule has 0 radical (unpaired) electrons. The molecule has 5 nitrogen and oxygen atoms in total. The Kier molecular flexibility index (Phi) is 5.35. The average molecular weight is 259 g/mol. The quantitative estimate of drug-likeness (QED) is 0.769. The largest absolute Gasteiger partial charge is 0.444 e. The van der Waals surface area contributed by atoms with E-state index >= 15 is 0 Å². The number of amides is 1. The lowest BCUT2D eigenvalue weighted by Gasteiger charge is -2.34. The molecule has 0 aromatic carbocycles. The van der Waals surface area contributed by atoms with Gasteiger partial charge >= 0.3 is 6.09 Å². The maximum atomic E-state index is 11.7. The molecule has 0 aromatic heterocycles. The molecule has 0 saturated heterocycles. The fourth-order valence-corrected chi connectivity index (χ4v) is 1.61. The summed E-state index contributed by atoms with van der Waals surface area (Å²) in [6.45, 7) is 10.7. The van der Waals surface area contributed by atoms with Crippen LogP contribution in [0, 0.1) is 0 Å². The Labute approximate surface area is 109 Å². The van der Waals surface area contributed by atoms with E-state index in [-0.39, 0.29) is 0 Å². The predicted octanol–water partition coefficient (Wildman–Crippen LogP) is 2.28. The highest BCUT2D eigenvalue weighted by molar-refractivity contribution is 5.76. The van der Waals surface area contributed by atoms with Gasteiger partial charge in [0.2, 0.25) is 0 Å². The van der Waals surface area contributed by atoms with Crippen molar-refractivity contribution in [1.82, 2.24) is 5.32 Å². The van der Waals surface area contributed by atoms with E-state index in [1.54, 1.807) is 34.8 Å². The molecule has 1 atom stereocenters. The zero-order valence-electron chi connectivity index (χ0n) is 12.4. The second-order valence-electron chi connectivity index (χ2n) is 6.30. The van der Waals surface area contributed by atoms with Crippen molar-refractivity contribution >= 4 is 12.4 Å². The molecule has 5 heteroatoms. The Morgan fingerprint density at radius 2 is 1.67 bits per heavy atom. The van der Waals surface area contributed by atoms with E-state index < -0.39 is 22.8 Å². The summed E-state index contributed by atoms with van der Waals surface area (Å²) in [6.07, 6.45) is 0.459. The molecule has 0 aliphatic carbocycles. The summed E-state index contributed by atoms with van der Waals surface area (Å²) in [5, 5.41) is 2.58. The average Bonchev–Trinajstić information content (AvgIpc) is 2.13. The first kappa shape index (κ1) is 16.9. The third-order valence-electron chi connectivity index (χ3n) is 2.39. The van der Waals surface area contributed by atoms with E-state index in [0.29, 0.717) is 12.7 Å². The summed E-state index contributed by atoms with van der Waals surface area (Å²) in [4.78, 5) is 22.9. The third-order valence-corrected chi connectivity index (χ3v) is 2.39. The van der Waals surface area contributed by atoms with Gasteiger partial charge in [0.25, 0.3) is 0 Å². The van der Waals surface area contributed by atoms with Crippen molar-refractivity contribution in [2.24, 2.45) is 0 Å². The van der Waals surface area contributed by atoms with Crippen molar-refractivity contribution in [3.05, 3.63) is 0 Å². The number of carbonyl (C=O) groups excluding carboxylic acids is 2. The van der Waals surface area contributed by atoms with Crippen molar-refractivity contribution in [2.75, 3.05) is 7.11 Å². The lowest BCUT2D eigenvalue weighted by Crippen LogP contribution is -2.52. The molecule has 106 valence electrons. The molecule has 1 N–H and O–H groups in total. The second kappa shape index (κ2) is 5.69. The number of alkyl carbamates (subject to hydrolysis) is 1. The van der Waals surface area contributed by atoms with E-state index in [0.717, 1.165) is 0 Å². The third kappa shape index (κ3) is 6.59. The fourth-order valence-electron chi connectivity index (χ4n) is 1.61. The minimum atomic E-state index is -1.01. The fraction of sp³-hybridized carbons (Fsp3) is 0.846. The van der Waals surface area contributed by atoms with Crippen LogP contribution >= 0.6 is 0 Å². The summed E-state index contributed by atoms with van der Waals surface area (Å²) in [5.41, 5.74) is -2.11. The Morgan fingerprint density at radius 3 is 2.00 bits per heavy atom. The molecule has 1 amide bonds. The number of aldehydes is 1. The highest BCUT2D eigenvalue weighted by Gasteiger charge is 2.35. The van der Waals surface area contributed by atoms with E-state index in [9.17, 15) is 9.59 Å². The summed E-state index contributed by atoms with van der Waals surface area (Å²) in [5.74, 6) is 0. The van der Waals surface area contributed by atoms with Gasteiger partial charge in [-0.2, -0.15) is 0 Å². The van der Waals surface area contributed by atoms with Gasteiger partial charge in [-0.1, -0.05) is 0 Å². The van der Waals surface area contributed by atoms with E-state index in [1.165, 1.54) is 0 Å². The van der Waals surface area contributed by atoms with Crippen LogP contribution < -0.4 is 5.32 Å². The number of rotatable bonds is 5. The standard InChI is InChI=1S/C13H25NO4/c1-11(2,3)18-10(16)14-13(6,9-15)8-12(4,5)17-7/h9H,8H2,1-7H3,(H,14,16). The van der Waals surface area contributed by atoms with Crippen molar-refractivity contribution in [3.8, 4) is 0 Å². The van der Waals surface area contributed by atoms with E-state index in [2.05, 4.69) is 5.32 Å². The maximum absolute atomic E-state index is 11.7. The summed E-state index contributed by atoms with van der Waals surface area (Å²) < 4.78 is 10.4. The Hall–Kier alpha value is -1.10. The topological polar surface area (TPSA) is 64.6 Å². The summed E-state index contributed by atoms with van der Waals surface area (Å²) >= 11 is 0. The molecule has 0 aliphatic heterocycles. The SMILES string of the molecule is COC(C)(C)CC(C)(C=O)NC(=O)OC(C)(C)C. The van der Waals surface area contributed by atoms with Gasteiger partial charge in [-0.3, -0.25) is 0 Å². The monoisotopic (exact) mass is 259 g/mol. The van der Waals surface area contributed by atoms with E-state index in [1.807, 2.05) is 13.8 Å². The van der Waals surface area contributed by atoms with Gasteiger partial charge in [0.1, 0.15) is 11.9 Å². The van der Waals surface area contributed by atoms with Crippen molar-refractivity contribution < 1.29 is 19.1 Å². The van der Waals surface area contributed by atoms with Crippen LogP contribution in [0.5, 0.6) is 0 Å².